The number of nitrogens with two attached hydrogens (primary N) is 1. The zero-order valence-electron chi connectivity index (χ0n) is 16.5. The van der Waals surface area contributed by atoms with Crippen LogP contribution in [0.25, 0.3) is 0 Å². The Bertz CT molecular complexity index is 821. The number of carbonyl (C=O) groups excluding carboxylic acids is 1. The summed E-state index contributed by atoms with van der Waals surface area (Å²) in [6.45, 7) is 7.55. The number of amides is 2. The van der Waals surface area contributed by atoms with Crippen LogP contribution in [0.4, 0.5) is 4.79 Å². The standard InChI is InChI=1S/C21H27N3O4/c1-4-26-20-13-17(14-23-24-21(22)25)8-9-18(20)27-10-5-11-28-19-12-15(2)6-7-16(19)3/h6-9,12-14H,4-5,10-11H2,1-3H3,(H3,22,24,25)/b23-14+. The molecule has 2 aromatic carbocycles. The van der Waals surface area contributed by atoms with E-state index in [2.05, 4.69) is 22.7 Å². The van der Waals surface area contributed by atoms with Gasteiger partial charge in [-0.3, -0.25) is 0 Å². The van der Waals surface area contributed by atoms with Crippen molar-refractivity contribution in [1.82, 2.24) is 5.43 Å². The van der Waals surface area contributed by atoms with Crippen molar-refractivity contribution in [1.29, 1.82) is 0 Å². The van der Waals surface area contributed by atoms with Crippen molar-refractivity contribution in [3.63, 3.8) is 0 Å². The van der Waals surface area contributed by atoms with Crippen molar-refractivity contribution in [2.24, 2.45) is 10.8 Å². The minimum Gasteiger partial charge on any atom is -0.493 e. The lowest BCUT2D eigenvalue weighted by Gasteiger charge is -2.13. The second-order valence-electron chi connectivity index (χ2n) is 6.19. The van der Waals surface area contributed by atoms with Gasteiger partial charge in [-0.05, 0) is 61.7 Å². The van der Waals surface area contributed by atoms with Crippen LogP contribution in [-0.2, 0) is 0 Å². The fraction of sp³-hybridized carbons (Fsp3) is 0.333. The van der Waals surface area contributed by atoms with Crippen molar-refractivity contribution in [2.75, 3.05) is 19.8 Å². The molecule has 0 radical (unpaired) electrons. The number of nitrogens with one attached hydrogen (secondary N) is 1. The van der Waals surface area contributed by atoms with Gasteiger partial charge in [-0.2, -0.15) is 5.10 Å². The van der Waals surface area contributed by atoms with Crippen LogP contribution in [0.5, 0.6) is 17.2 Å². The molecular formula is C21H27N3O4. The SMILES string of the molecule is CCOc1cc(/C=N/NC(N)=O)ccc1OCCCOc1cc(C)ccc1C. The van der Waals surface area contributed by atoms with E-state index in [9.17, 15) is 4.79 Å². The van der Waals surface area contributed by atoms with Gasteiger partial charge in [-0.1, -0.05) is 12.1 Å². The normalized spacial score (nSPS) is 10.7. The third-order valence-corrected chi connectivity index (χ3v) is 3.80. The molecule has 0 aliphatic rings. The van der Waals surface area contributed by atoms with E-state index < -0.39 is 6.03 Å². The molecule has 0 aliphatic heterocycles. The highest BCUT2D eigenvalue weighted by Gasteiger charge is 2.06. The number of primary amides is 1. The average Bonchev–Trinajstić information content (AvgIpc) is 2.65. The quantitative estimate of drug-likeness (QED) is 0.371. The average molecular weight is 385 g/mol. The molecule has 0 saturated carbocycles. The highest BCUT2D eigenvalue weighted by molar-refractivity contribution is 5.82. The maximum Gasteiger partial charge on any atom is 0.332 e. The van der Waals surface area contributed by atoms with Crippen LogP contribution in [0, 0.1) is 13.8 Å². The van der Waals surface area contributed by atoms with Gasteiger partial charge in [-0.15, -0.1) is 0 Å². The van der Waals surface area contributed by atoms with Gasteiger partial charge in [0.2, 0.25) is 0 Å². The minimum atomic E-state index is -0.718. The molecule has 0 atom stereocenters. The first-order chi connectivity index (χ1) is 13.5. The lowest BCUT2D eigenvalue weighted by atomic mass is 10.1. The molecule has 3 N–H and O–H groups in total. The van der Waals surface area contributed by atoms with Gasteiger partial charge in [0, 0.05) is 6.42 Å². The second kappa shape index (κ2) is 10.8. The Morgan fingerprint density at radius 2 is 1.79 bits per heavy atom. The second-order valence-corrected chi connectivity index (χ2v) is 6.19. The van der Waals surface area contributed by atoms with Crippen LogP contribution >= 0.6 is 0 Å². The third kappa shape index (κ3) is 6.83. The molecule has 7 heteroatoms. The number of carbonyl (C=O) groups is 1. The van der Waals surface area contributed by atoms with Crippen LogP contribution in [0.2, 0.25) is 0 Å². The van der Waals surface area contributed by atoms with Gasteiger partial charge in [0.25, 0.3) is 0 Å². The number of hydrogen-bond acceptors (Lipinski definition) is 5. The lowest BCUT2D eigenvalue weighted by Crippen LogP contribution is -2.24. The van der Waals surface area contributed by atoms with Crippen LogP contribution < -0.4 is 25.4 Å². The molecule has 7 nitrogen and oxygen atoms in total. The van der Waals surface area contributed by atoms with Gasteiger partial charge in [0.1, 0.15) is 5.75 Å². The van der Waals surface area contributed by atoms with E-state index in [0.29, 0.717) is 31.3 Å². The molecular weight excluding hydrogens is 358 g/mol. The summed E-state index contributed by atoms with van der Waals surface area (Å²) >= 11 is 0. The summed E-state index contributed by atoms with van der Waals surface area (Å²) in [6.07, 6.45) is 2.22. The molecule has 0 spiro atoms. The van der Waals surface area contributed by atoms with E-state index in [1.807, 2.05) is 39.0 Å². The van der Waals surface area contributed by atoms with E-state index in [0.717, 1.165) is 23.3 Å². The third-order valence-electron chi connectivity index (χ3n) is 3.80. The van der Waals surface area contributed by atoms with E-state index in [-0.39, 0.29) is 0 Å². The number of urea groups is 1. The van der Waals surface area contributed by atoms with E-state index in [1.165, 1.54) is 11.8 Å². The highest BCUT2D eigenvalue weighted by Crippen LogP contribution is 2.28. The van der Waals surface area contributed by atoms with Crippen LogP contribution in [0.3, 0.4) is 0 Å². The molecule has 0 aromatic heterocycles. The Kier molecular flexibility index (Phi) is 8.14. The molecule has 0 fully saturated rings. The minimum absolute atomic E-state index is 0.502. The van der Waals surface area contributed by atoms with Gasteiger partial charge in [-0.25, -0.2) is 10.2 Å². The zero-order chi connectivity index (χ0) is 20.4. The Morgan fingerprint density at radius 3 is 2.50 bits per heavy atom. The lowest BCUT2D eigenvalue weighted by molar-refractivity contribution is 0.235. The predicted octanol–water partition coefficient (Wildman–Crippen LogP) is 3.55. The number of hydrogen-bond donors (Lipinski definition) is 2. The smallest absolute Gasteiger partial charge is 0.332 e. The number of rotatable bonds is 10. The topological polar surface area (TPSA) is 95.2 Å². The molecule has 0 bridgehead atoms. The molecule has 2 rings (SSSR count). The van der Waals surface area contributed by atoms with Crippen molar-refractivity contribution < 1.29 is 19.0 Å². The van der Waals surface area contributed by atoms with Crippen molar-refractivity contribution in [3.05, 3.63) is 53.1 Å². The Balaban J connectivity index is 1.87. The molecule has 0 unspecified atom stereocenters. The number of ether oxygens (including phenoxy) is 3. The van der Waals surface area contributed by atoms with E-state index in [4.69, 9.17) is 19.9 Å². The number of benzene rings is 2. The maximum absolute atomic E-state index is 10.7. The fourth-order valence-corrected chi connectivity index (χ4v) is 2.45. The summed E-state index contributed by atoms with van der Waals surface area (Å²) in [5.74, 6) is 2.16. The van der Waals surface area contributed by atoms with Crippen molar-refractivity contribution in [2.45, 2.75) is 27.2 Å². The monoisotopic (exact) mass is 385 g/mol. The molecule has 0 aliphatic carbocycles. The number of nitrogens with zero attached hydrogens (tertiary/aromatic N) is 1. The summed E-state index contributed by atoms with van der Waals surface area (Å²) < 4.78 is 17.3. The molecule has 2 aromatic rings. The number of aryl methyl sites for hydroxylation is 2. The van der Waals surface area contributed by atoms with Gasteiger partial charge >= 0.3 is 6.03 Å². The zero-order valence-corrected chi connectivity index (χ0v) is 16.5. The molecule has 0 saturated heterocycles. The van der Waals surface area contributed by atoms with Gasteiger partial charge < -0.3 is 19.9 Å². The highest BCUT2D eigenvalue weighted by atomic mass is 16.5. The van der Waals surface area contributed by atoms with Crippen LogP contribution in [0.15, 0.2) is 41.5 Å². The Hall–Kier alpha value is -3.22. The summed E-state index contributed by atoms with van der Waals surface area (Å²) in [7, 11) is 0. The number of hydrazone groups is 1. The first kappa shape index (κ1) is 21.1. The maximum atomic E-state index is 10.7. The van der Waals surface area contributed by atoms with Gasteiger partial charge in [0.05, 0.1) is 26.0 Å². The summed E-state index contributed by atoms with van der Waals surface area (Å²) in [5, 5.41) is 3.74. The van der Waals surface area contributed by atoms with Crippen molar-refractivity contribution >= 4 is 12.2 Å². The molecule has 0 heterocycles. The molecule has 2 amide bonds. The summed E-state index contributed by atoms with van der Waals surface area (Å²) in [4.78, 5) is 10.7. The molecule has 150 valence electrons. The van der Waals surface area contributed by atoms with Crippen molar-refractivity contribution in [3.8, 4) is 17.2 Å². The Labute approximate surface area is 165 Å². The summed E-state index contributed by atoms with van der Waals surface area (Å²) in [6, 6.07) is 10.9. The Morgan fingerprint density at radius 1 is 1.04 bits per heavy atom. The first-order valence-corrected chi connectivity index (χ1v) is 9.17. The first-order valence-electron chi connectivity index (χ1n) is 9.17. The predicted molar refractivity (Wildman–Crippen MR) is 109 cm³/mol. The van der Waals surface area contributed by atoms with Crippen LogP contribution in [0.1, 0.15) is 30.0 Å². The molecule has 28 heavy (non-hydrogen) atoms. The van der Waals surface area contributed by atoms with E-state index >= 15 is 0 Å². The largest absolute Gasteiger partial charge is 0.493 e. The van der Waals surface area contributed by atoms with E-state index in [1.54, 1.807) is 6.07 Å². The van der Waals surface area contributed by atoms with Gasteiger partial charge in [0.15, 0.2) is 11.5 Å². The van der Waals surface area contributed by atoms with Crippen LogP contribution in [-0.4, -0.2) is 32.1 Å². The summed E-state index contributed by atoms with van der Waals surface area (Å²) in [5.41, 5.74) is 10.2. The fourth-order valence-electron chi connectivity index (χ4n) is 2.45.